The molecule has 0 bridgehead atoms. The standard InChI is InChI=1S/C19H18FN3/c1-12-7-8-14-9-13(11-21-23(12)14)18-15-5-4-6-17(20)16(15)10-19(2,3)22-18/h4-9,11H,10H2,1-3H3. The third-order valence-corrected chi connectivity index (χ3v) is 4.36. The fourth-order valence-corrected chi connectivity index (χ4v) is 3.28. The summed E-state index contributed by atoms with van der Waals surface area (Å²) in [7, 11) is 0. The molecule has 0 spiro atoms. The molecular weight excluding hydrogens is 289 g/mol. The molecule has 0 radical (unpaired) electrons. The minimum atomic E-state index is -0.325. The zero-order valence-corrected chi connectivity index (χ0v) is 13.5. The molecule has 4 heteroatoms. The van der Waals surface area contributed by atoms with Gasteiger partial charge in [-0.05, 0) is 50.6 Å². The van der Waals surface area contributed by atoms with Crippen LogP contribution in [0.5, 0.6) is 0 Å². The topological polar surface area (TPSA) is 29.7 Å². The van der Waals surface area contributed by atoms with E-state index in [0.717, 1.165) is 33.6 Å². The van der Waals surface area contributed by atoms with Crippen LogP contribution in [0.1, 0.15) is 36.2 Å². The first kappa shape index (κ1) is 14.1. The number of nitrogens with zero attached hydrogens (tertiary/aromatic N) is 3. The van der Waals surface area contributed by atoms with E-state index in [1.54, 1.807) is 6.07 Å². The SMILES string of the molecule is Cc1ccc2cc(C3=NC(C)(C)Cc4c(F)cccc43)cnn12. The van der Waals surface area contributed by atoms with Crippen LogP contribution < -0.4 is 0 Å². The predicted molar refractivity (Wildman–Crippen MR) is 89.8 cm³/mol. The van der Waals surface area contributed by atoms with Crippen molar-refractivity contribution in [2.24, 2.45) is 4.99 Å². The number of aromatic nitrogens is 2. The zero-order valence-electron chi connectivity index (χ0n) is 13.5. The molecule has 3 aromatic rings. The number of fused-ring (bicyclic) bond motifs is 2. The fraction of sp³-hybridized carbons (Fsp3) is 0.263. The highest BCUT2D eigenvalue weighted by atomic mass is 19.1. The summed E-state index contributed by atoms with van der Waals surface area (Å²) in [6.45, 7) is 6.09. The van der Waals surface area contributed by atoms with Crippen LogP contribution in [0.25, 0.3) is 5.52 Å². The molecule has 3 nitrogen and oxygen atoms in total. The Morgan fingerprint density at radius 1 is 1.17 bits per heavy atom. The minimum absolute atomic E-state index is 0.157. The first-order valence-electron chi connectivity index (χ1n) is 7.77. The van der Waals surface area contributed by atoms with Crippen molar-refractivity contribution in [3.63, 3.8) is 0 Å². The van der Waals surface area contributed by atoms with E-state index in [1.165, 1.54) is 6.07 Å². The van der Waals surface area contributed by atoms with Gasteiger partial charge in [0.1, 0.15) is 5.82 Å². The first-order chi connectivity index (χ1) is 10.9. The molecule has 3 heterocycles. The van der Waals surface area contributed by atoms with E-state index in [-0.39, 0.29) is 11.4 Å². The van der Waals surface area contributed by atoms with E-state index < -0.39 is 0 Å². The van der Waals surface area contributed by atoms with Crippen LogP contribution in [-0.4, -0.2) is 20.9 Å². The van der Waals surface area contributed by atoms with Crippen molar-refractivity contribution in [2.45, 2.75) is 32.7 Å². The van der Waals surface area contributed by atoms with Crippen LogP contribution in [0.4, 0.5) is 4.39 Å². The third kappa shape index (κ3) is 2.25. The Balaban J connectivity index is 1.95. The molecule has 0 amide bonds. The molecule has 0 saturated carbocycles. The molecule has 1 aromatic carbocycles. The molecule has 1 aliphatic heterocycles. The average Bonchev–Trinajstić information content (AvgIpc) is 2.88. The van der Waals surface area contributed by atoms with Crippen LogP contribution >= 0.6 is 0 Å². The Hall–Kier alpha value is -2.49. The molecule has 23 heavy (non-hydrogen) atoms. The second kappa shape index (κ2) is 4.75. The number of rotatable bonds is 1. The summed E-state index contributed by atoms with van der Waals surface area (Å²) in [6, 6.07) is 11.3. The Morgan fingerprint density at radius 3 is 2.83 bits per heavy atom. The highest BCUT2D eigenvalue weighted by Crippen LogP contribution is 2.31. The molecule has 4 rings (SSSR count). The largest absolute Gasteiger partial charge is 0.278 e. The van der Waals surface area contributed by atoms with Gasteiger partial charge in [0.15, 0.2) is 0 Å². The molecule has 116 valence electrons. The average molecular weight is 307 g/mol. The van der Waals surface area contributed by atoms with Gasteiger partial charge < -0.3 is 0 Å². The number of hydrogen-bond donors (Lipinski definition) is 0. The maximum Gasteiger partial charge on any atom is 0.127 e. The van der Waals surface area contributed by atoms with Crippen molar-refractivity contribution < 1.29 is 4.39 Å². The van der Waals surface area contributed by atoms with Gasteiger partial charge in [-0.1, -0.05) is 12.1 Å². The van der Waals surface area contributed by atoms with E-state index in [4.69, 9.17) is 4.99 Å². The van der Waals surface area contributed by atoms with E-state index >= 15 is 0 Å². The monoisotopic (exact) mass is 307 g/mol. The van der Waals surface area contributed by atoms with Gasteiger partial charge in [0.05, 0.1) is 23.0 Å². The number of aryl methyl sites for hydroxylation is 1. The van der Waals surface area contributed by atoms with Gasteiger partial charge in [-0.15, -0.1) is 0 Å². The van der Waals surface area contributed by atoms with Crippen LogP contribution in [0.15, 0.2) is 47.6 Å². The summed E-state index contributed by atoms with van der Waals surface area (Å²) in [5, 5.41) is 4.50. The molecule has 2 aromatic heterocycles. The maximum atomic E-state index is 14.3. The number of halogens is 1. The Labute approximate surface area is 134 Å². The van der Waals surface area contributed by atoms with Crippen LogP contribution in [0.2, 0.25) is 0 Å². The lowest BCUT2D eigenvalue weighted by molar-refractivity contribution is 0.492. The smallest absolute Gasteiger partial charge is 0.127 e. The van der Waals surface area contributed by atoms with E-state index in [0.29, 0.717) is 6.42 Å². The Kier molecular flexibility index (Phi) is 2.92. The van der Waals surface area contributed by atoms with Crippen molar-refractivity contribution in [3.05, 3.63) is 70.8 Å². The number of aliphatic imine (C=N–C) groups is 1. The van der Waals surface area contributed by atoms with Crippen molar-refractivity contribution in [1.29, 1.82) is 0 Å². The highest BCUT2D eigenvalue weighted by Gasteiger charge is 2.29. The number of benzene rings is 1. The first-order valence-corrected chi connectivity index (χ1v) is 7.77. The Morgan fingerprint density at radius 2 is 2.00 bits per heavy atom. The lowest BCUT2D eigenvalue weighted by atomic mass is 9.85. The van der Waals surface area contributed by atoms with E-state index in [2.05, 4.69) is 11.2 Å². The third-order valence-electron chi connectivity index (χ3n) is 4.36. The summed E-state index contributed by atoms with van der Waals surface area (Å²) in [5.74, 6) is -0.157. The predicted octanol–water partition coefficient (Wildman–Crippen LogP) is 3.95. The van der Waals surface area contributed by atoms with Gasteiger partial charge in [0, 0.05) is 23.2 Å². The van der Waals surface area contributed by atoms with Gasteiger partial charge in [0.2, 0.25) is 0 Å². The molecule has 0 fully saturated rings. The maximum absolute atomic E-state index is 14.3. The van der Waals surface area contributed by atoms with Crippen LogP contribution in [-0.2, 0) is 6.42 Å². The molecule has 0 saturated heterocycles. The summed E-state index contributed by atoms with van der Waals surface area (Å²) in [6.07, 6.45) is 2.42. The van der Waals surface area contributed by atoms with Crippen molar-refractivity contribution in [2.75, 3.05) is 0 Å². The second-order valence-corrected chi connectivity index (χ2v) is 6.77. The normalized spacial score (nSPS) is 16.3. The minimum Gasteiger partial charge on any atom is -0.278 e. The molecule has 0 N–H and O–H groups in total. The van der Waals surface area contributed by atoms with Gasteiger partial charge >= 0.3 is 0 Å². The quantitative estimate of drug-likeness (QED) is 0.669. The van der Waals surface area contributed by atoms with Crippen LogP contribution in [0, 0.1) is 12.7 Å². The lowest BCUT2D eigenvalue weighted by Gasteiger charge is -2.29. The van der Waals surface area contributed by atoms with Gasteiger partial charge in [-0.3, -0.25) is 4.99 Å². The highest BCUT2D eigenvalue weighted by molar-refractivity contribution is 6.14. The molecule has 0 aliphatic carbocycles. The van der Waals surface area contributed by atoms with Gasteiger partial charge in [0.25, 0.3) is 0 Å². The van der Waals surface area contributed by atoms with Crippen molar-refractivity contribution >= 4 is 11.2 Å². The van der Waals surface area contributed by atoms with Crippen molar-refractivity contribution in [3.8, 4) is 0 Å². The second-order valence-electron chi connectivity index (χ2n) is 6.77. The van der Waals surface area contributed by atoms with Gasteiger partial charge in [-0.2, -0.15) is 5.10 Å². The van der Waals surface area contributed by atoms with E-state index in [9.17, 15) is 4.39 Å². The van der Waals surface area contributed by atoms with Gasteiger partial charge in [-0.25, -0.2) is 8.91 Å². The molecule has 0 atom stereocenters. The number of hydrogen-bond acceptors (Lipinski definition) is 2. The summed E-state index contributed by atoms with van der Waals surface area (Å²) in [4.78, 5) is 4.88. The van der Waals surface area contributed by atoms with E-state index in [1.807, 2.05) is 49.7 Å². The Bertz CT molecular complexity index is 950. The zero-order chi connectivity index (χ0) is 16.2. The van der Waals surface area contributed by atoms with Crippen molar-refractivity contribution in [1.82, 2.24) is 9.61 Å². The molecular formula is C19H18FN3. The fourth-order valence-electron chi connectivity index (χ4n) is 3.28. The summed E-state index contributed by atoms with van der Waals surface area (Å²) >= 11 is 0. The molecule has 0 unspecified atom stereocenters. The lowest BCUT2D eigenvalue weighted by Crippen LogP contribution is -2.30. The summed E-state index contributed by atoms with van der Waals surface area (Å²) in [5.41, 5.74) is 5.15. The molecule has 1 aliphatic rings. The summed E-state index contributed by atoms with van der Waals surface area (Å²) < 4.78 is 16.2. The van der Waals surface area contributed by atoms with Crippen LogP contribution in [0.3, 0.4) is 0 Å².